The van der Waals surface area contributed by atoms with Crippen molar-refractivity contribution < 1.29 is 22.0 Å². The molecule has 1 amide bonds. The Kier molecular flexibility index (Phi) is 6.64. The van der Waals surface area contributed by atoms with Crippen LogP contribution in [-0.4, -0.2) is 67.8 Å². The van der Waals surface area contributed by atoms with Crippen molar-refractivity contribution in [2.45, 2.75) is 17.7 Å². The zero-order chi connectivity index (χ0) is 22.9. The van der Waals surface area contributed by atoms with Gasteiger partial charge in [0.15, 0.2) is 11.6 Å². The average molecular weight is 485 g/mol. The zero-order valence-electron chi connectivity index (χ0n) is 17.3. The monoisotopic (exact) mass is 484 g/mol. The Morgan fingerprint density at radius 1 is 0.969 bits per heavy atom. The third-order valence-electron chi connectivity index (χ3n) is 5.96. The highest BCUT2D eigenvalue weighted by Crippen LogP contribution is 2.26. The van der Waals surface area contributed by atoms with E-state index in [9.17, 15) is 22.0 Å². The van der Waals surface area contributed by atoms with Crippen LogP contribution in [0.2, 0.25) is 5.02 Å². The molecule has 2 saturated heterocycles. The molecule has 32 heavy (non-hydrogen) atoms. The van der Waals surface area contributed by atoms with E-state index in [2.05, 4.69) is 9.88 Å². The second kappa shape index (κ2) is 9.29. The number of halogens is 3. The Hall–Kier alpha value is -2.30. The first-order valence-electron chi connectivity index (χ1n) is 10.4. The van der Waals surface area contributed by atoms with Crippen LogP contribution >= 0.6 is 11.6 Å². The highest BCUT2D eigenvalue weighted by molar-refractivity contribution is 7.89. The predicted molar refractivity (Wildman–Crippen MR) is 116 cm³/mol. The number of hydrogen-bond acceptors (Lipinski definition) is 5. The Morgan fingerprint density at radius 2 is 1.66 bits per heavy atom. The molecule has 0 spiro atoms. The normalized spacial score (nSPS) is 18.7. The SMILES string of the molecule is O=C(C1CCN(S(=O)(=O)c2ccc(F)c(F)c2)CC1)N1CCN(c2ccc(Cl)cn2)CC1. The Labute approximate surface area is 190 Å². The van der Waals surface area contributed by atoms with Gasteiger partial charge in [-0.25, -0.2) is 22.2 Å². The number of rotatable bonds is 4. The third kappa shape index (κ3) is 4.72. The number of sulfonamides is 1. The molecular formula is C21H23ClF2N4O3S. The first kappa shape index (κ1) is 22.9. The van der Waals surface area contributed by atoms with Gasteiger partial charge in [0.05, 0.1) is 9.92 Å². The summed E-state index contributed by atoms with van der Waals surface area (Å²) in [7, 11) is -3.94. The molecule has 11 heteroatoms. The van der Waals surface area contributed by atoms with Gasteiger partial charge in [0.25, 0.3) is 0 Å². The van der Waals surface area contributed by atoms with E-state index in [1.54, 1.807) is 12.3 Å². The third-order valence-corrected chi connectivity index (χ3v) is 8.08. The lowest BCUT2D eigenvalue weighted by atomic mass is 9.96. The van der Waals surface area contributed by atoms with Gasteiger partial charge in [-0.2, -0.15) is 4.31 Å². The fraction of sp³-hybridized carbons (Fsp3) is 0.429. The maximum absolute atomic E-state index is 13.5. The van der Waals surface area contributed by atoms with E-state index < -0.39 is 21.7 Å². The summed E-state index contributed by atoms with van der Waals surface area (Å²) in [5.41, 5.74) is 0. The van der Waals surface area contributed by atoms with Crippen molar-refractivity contribution in [3.05, 3.63) is 53.2 Å². The van der Waals surface area contributed by atoms with Crippen molar-refractivity contribution in [3.8, 4) is 0 Å². The summed E-state index contributed by atoms with van der Waals surface area (Å²) in [5, 5.41) is 0.570. The number of piperidine rings is 1. The summed E-state index contributed by atoms with van der Waals surface area (Å²) in [6.07, 6.45) is 2.37. The summed E-state index contributed by atoms with van der Waals surface area (Å²) < 4.78 is 53.3. The van der Waals surface area contributed by atoms with Gasteiger partial charge in [0.2, 0.25) is 15.9 Å². The second-order valence-corrected chi connectivity index (χ2v) is 10.3. The van der Waals surface area contributed by atoms with Crippen LogP contribution in [-0.2, 0) is 14.8 Å². The average Bonchev–Trinajstić information content (AvgIpc) is 2.81. The number of pyridine rings is 1. The summed E-state index contributed by atoms with van der Waals surface area (Å²) in [4.78, 5) is 20.9. The number of carbonyl (C=O) groups excluding carboxylic acids is 1. The Balaban J connectivity index is 1.32. The maximum atomic E-state index is 13.5. The van der Waals surface area contributed by atoms with Crippen LogP contribution in [0.15, 0.2) is 41.4 Å². The Bertz CT molecular complexity index is 1080. The van der Waals surface area contributed by atoms with Crippen molar-refractivity contribution >= 4 is 33.3 Å². The fourth-order valence-electron chi connectivity index (χ4n) is 4.10. The van der Waals surface area contributed by atoms with Crippen LogP contribution in [0.1, 0.15) is 12.8 Å². The number of aromatic nitrogens is 1. The second-order valence-electron chi connectivity index (χ2n) is 7.90. The van der Waals surface area contributed by atoms with Gasteiger partial charge >= 0.3 is 0 Å². The molecule has 0 radical (unpaired) electrons. The number of nitrogens with zero attached hydrogens (tertiary/aromatic N) is 4. The molecule has 7 nitrogen and oxygen atoms in total. The first-order valence-corrected chi connectivity index (χ1v) is 12.2. The molecule has 0 unspecified atom stereocenters. The standard InChI is InChI=1S/C21H23ClF2N4O3S/c22-16-1-4-20(25-14-16)26-9-11-27(12-10-26)21(29)15-5-7-28(8-6-15)32(30,31)17-2-3-18(23)19(24)13-17/h1-4,13-15H,5-12H2. The largest absolute Gasteiger partial charge is 0.353 e. The molecule has 2 aliphatic rings. The number of amides is 1. The van der Waals surface area contributed by atoms with Gasteiger partial charge < -0.3 is 9.80 Å². The molecule has 0 saturated carbocycles. The van der Waals surface area contributed by atoms with Crippen LogP contribution in [0.25, 0.3) is 0 Å². The highest BCUT2D eigenvalue weighted by Gasteiger charge is 2.35. The van der Waals surface area contributed by atoms with E-state index in [0.717, 1.165) is 18.0 Å². The molecule has 0 aliphatic carbocycles. The smallest absolute Gasteiger partial charge is 0.243 e. The molecule has 2 fully saturated rings. The van der Waals surface area contributed by atoms with Gasteiger partial charge in [-0.15, -0.1) is 0 Å². The van der Waals surface area contributed by atoms with Crippen molar-refractivity contribution in [3.63, 3.8) is 0 Å². The van der Waals surface area contributed by atoms with Crippen LogP contribution < -0.4 is 4.90 Å². The van der Waals surface area contributed by atoms with Crippen LogP contribution in [0.5, 0.6) is 0 Å². The lowest BCUT2D eigenvalue weighted by molar-refractivity contribution is -0.137. The quantitative estimate of drug-likeness (QED) is 0.667. The van der Waals surface area contributed by atoms with Gasteiger partial charge in [-0.1, -0.05) is 11.6 Å². The van der Waals surface area contributed by atoms with Crippen LogP contribution in [0.3, 0.4) is 0 Å². The summed E-state index contributed by atoms with van der Waals surface area (Å²) in [6, 6.07) is 6.18. The number of anilines is 1. The molecule has 2 aliphatic heterocycles. The molecule has 3 heterocycles. The summed E-state index contributed by atoms with van der Waals surface area (Å²) >= 11 is 5.88. The number of carbonyl (C=O) groups is 1. The molecule has 0 bridgehead atoms. The van der Waals surface area contributed by atoms with E-state index in [1.165, 1.54) is 4.31 Å². The van der Waals surface area contributed by atoms with E-state index in [4.69, 9.17) is 11.6 Å². The molecule has 4 rings (SSSR count). The van der Waals surface area contributed by atoms with Crippen molar-refractivity contribution in [2.24, 2.45) is 5.92 Å². The summed E-state index contributed by atoms with van der Waals surface area (Å²) in [5.74, 6) is -1.72. The van der Waals surface area contributed by atoms with E-state index in [1.807, 2.05) is 11.0 Å². The van der Waals surface area contributed by atoms with Crippen molar-refractivity contribution in [1.29, 1.82) is 0 Å². The number of benzene rings is 1. The topological polar surface area (TPSA) is 73.8 Å². The minimum atomic E-state index is -3.94. The molecule has 0 atom stereocenters. The first-order chi connectivity index (χ1) is 15.3. The number of hydrogen-bond donors (Lipinski definition) is 0. The highest BCUT2D eigenvalue weighted by atomic mass is 35.5. The van der Waals surface area contributed by atoms with Crippen LogP contribution in [0, 0.1) is 17.6 Å². The molecular weight excluding hydrogens is 462 g/mol. The van der Waals surface area contributed by atoms with Gasteiger partial charge in [-0.3, -0.25) is 4.79 Å². The van der Waals surface area contributed by atoms with E-state index in [-0.39, 0.29) is 29.8 Å². The van der Waals surface area contributed by atoms with Crippen molar-refractivity contribution in [2.75, 3.05) is 44.2 Å². The Morgan fingerprint density at radius 3 is 2.25 bits per heavy atom. The van der Waals surface area contributed by atoms with Gasteiger partial charge in [-0.05, 0) is 43.2 Å². The lowest BCUT2D eigenvalue weighted by Gasteiger charge is -2.38. The van der Waals surface area contributed by atoms with Gasteiger partial charge in [0, 0.05) is 51.4 Å². The van der Waals surface area contributed by atoms with E-state index in [0.29, 0.717) is 50.1 Å². The van der Waals surface area contributed by atoms with Gasteiger partial charge in [0.1, 0.15) is 5.82 Å². The maximum Gasteiger partial charge on any atom is 0.243 e. The lowest BCUT2D eigenvalue weighted by Crippen LogP contribution is -2.52. The molecule has 1 aromatic carbocycles. The molecule has 0 N–H and O–H groups in total. The molecule has 172 valence electrons. The number of piperazine rings is 1. The molecule has 2 aromatic rings. The minimum absolute atomic E-state index is 0.0265. The zero-order valence-corrected chi connectivity index (χ0v) is 18.8. The summed E-state index contributed by atoms with van der Waals surface area (Å²) in [6.45, 7) is 2.76. The predicted octanol–water partition coefficient (Wildman–Crippen LogP) is 2.76. The fourth-order valence-corrected chi connectivity index (χ4v) is 5.69. The molecule has 1 aromatic heterocycles. The van der Waals surface area contributed by atoms with Crippen LogP contribution in [0.4, 0.5) is 14.6 Å². The van der Waals surface area contributed by atoms with Crippen molar-refractivity contribution in [1.82, 2.24) is 14.2 Å². The minimum Gasteiger partial charge on any atom is -0.353 e. The van der Waals surface area contributed by atoms with E-state index >= 15 is 0 Å².